The molecule has 154 valence electrons. The highest BCUT2D eigenvalue weighted by Gasteiger charge is 2.34. The van der Waals surface area contributed by atoms with Crippen LogP contribution < -0.4 is 14.2 Å². The first-order chi connectivity index (χ1) is 14.7. The number of thiazole rings is 1. The van der Waals surface area contributed by atoms with Gasteiger partial charge in [0.1, 0.15) is 17.4 Å². The van der Waals surface area contributed by atoms with Gasteiger partial charge in [-0.15, -0.1) is 11.3 Å². The van der Waals surface area contributed by atoms with Crippen LogP contribution in [-0.4, -0.2) is 28.6 Å². The van der Waals surface area contributed by atoms with Gasteiger partial charge in [0, 0.05) is 17.0 Å². The van der Waals surface area contributed by atoms with Gasteiger partial charge in [-0.05, 0) is 50.1 Å². The smallest absolute Gasteiger partial charge is 0.254 e. The van der Waals surface area contributed by atoms with Crippen LogP contribution in [-0.2, 0) is 13.2 Å². The number of aryl methyl sites for hydroxylation is 1. The molecule has 2 aromatic carbocycles. The molecule has 0 radical (unpaired) electrons. The van der Waals surface area contributed by atoms with E-state index in [4.69, 9.17) is 14.2 Å². The normalized spacial score (nSPS) is 14.6. The molecule has 0 bridgehead atoms. The molecule has 1 aliphatic heterocycles. The summed E-state index contributed by atoms with van der Waals surface area (Å²) in [6, 6.07) is 13.6. The van der Waals surface area contributed by atoms with Crippen molar-refractivity contribution in [2.24, 2.45) is 0 Å². The van der Waals surface area contributed by atoms with Crippen molar-refractivity contribution in [2.45, 2.75) is 39.0 Å². The number of carbonyl (C=O) groups excluding carboxylic acids is 1. The van der Waals surface area contributed by atoms with E-state index in [1.165, 1.54) is 5.56 Å². The van der Waals surface area contributed by atoms with Crippen LogP contribution in [0.15, 0.2) is 47.8 Å². The molecule has 1 amide bonds. The SMILES string of the molecule is Cc1ccc(OCc2nc(CN(C(=O)c3ccc4c(c3)OCO4)C3CC3)cs2)cc1. The van der Waals surface area contributed by atoms with Crippen molar-refractivity contribution in [1.82, 2.24) is 9.88 Å². The average Bonchev–Trinajstić information content (AvgIpc) is 3.32. The molecule has 3 aromatic rings. The van der Waals surface area contributed by atoms with Crippen LogP contribution in [0.3, 0.4) is 0 Å². The molecule has 5 rings (SSSR count). The van der Waals surface area contributed by atoms with E-state index in [2.05, 4.69) is 4.98 Å². The van der Waals surface area contributed by atoms with Crippen LogP contribution in [0.5, 0.6) is 17.2 Å². The minimum atomic E-state index is 0.00116. The monoisotopic (exact) mass is 422 g/mol. The number of fused-ring (bicyclic) bond motifs is 1. The van der Waals surface area contributed by atoms with E-state index < -0.39 is 0 Å². The second-order valence-electron chi connectivity index (χ2n) is 7.57. The molecule has 0 atom stereocenters. The summed E-state index contributed by atoms with van der Waals surface area (Å²) in [4.78, 5) is 19.8. The zero-order valence-electron chi connectivity index (χ0n) is 16.7. The summed E-state index contributed by atoms with van der Waals surface area (Å²) in [6.07, 6.45) is 2.06. The Bertz CT molecular complexity index is 1060. The van der Waals surface area contributed by atoms with Crippen molar-refractivity contribution in [3.05, 3.63) is 69.7 Å². The van der Waals surface area contributed by atoms with Gasteiger partial charge < -0.3 is 19.1 Å². The summed E-state index contributed by atoms with van der Waals surface area (Å²) in [7, 11) is 0. The second kappa shape index (κ2) is 7.99. The van der Waals surface area contributed by atoms with E-state index in [1.54, 1.807) is 29.5 Å². The highest BCUT2D eigenvalue weighted by atomic mass is 32.1. The number of hydrogen-bond donors (Lipinski definition) is 0. The lowest BCUT2D eigenvalue weighted by Gasteiger charge is -2.21. The van der Waals surface area contributed by atoms with Gasteiger partial charge in [-0.1, -0.05) is 17.7 Å². The average molecular weight is 423 g/mol. The minimum Gasteiger partial charge on any atom is -0.486 e. The third-order valence-corrected chi connectivity index (χ3v) is 6.05. The zero-order chi connectivity index (χ0) is 20.5. The van der Waals surface area contributed by atoms with E-state index in [1.807, 2.05) is 41.5 Å². The van der Waals surface area contributed by atoms with Gasteiger partial charge in [-0.3, -0.25) is 4.79 Å². The molecule has 1 saturated carbocycles. The Morgan fingerprint density at radius 2 is 1.97 bits per heavy atom. The first-order valence-corrected chi connectivity index (χ1v) is 10.9. The van der Waals surface area contributed by atoms with Gasteiger partial charge in [-0.25, -0.2) is 4.98 Å². The number of ether oxygens (including phenoxy) is 3. The predicted molar refractivity (Wildman–Crippen MR) is 113 cm³/mol. The van der Waals surface area contributed by atoms with Gasteiger partial charge in [0.25, 0.3) is 5.91 Å². The number of carbonyl (C=O) groups is 1. The molecule has 7 heteroatoms. The summed E-state index contributed by atoms with van der Waals surface area (Å²) in [5.74, 6) is 2.14. The van der Waals surface area contributed by atoms with E-state index in [0.29, 0.717) is 30.2 Å². The zero-order valence-corrected chi connectivity index (χ0v) is 17.5. The Labute approximate surface area is 179 Å². The van der Waals surface area contributed by atoms with E-state index in [9.17, 15) is 4.79 Å². The summed E-state index contributed by atoms with van der Waals surface area (Å²) >= 11 is 1.56. The minimum absolute atomic E-state index is 0.00116. The molecule has 30 heavy (non-hydrogen) atoms. The summed E-state index contributed by atoms with van der Waals surface area (Å²) in [5.41, 5.74) is 2.71. The first kappa shape index (κ1) is 18.9. The van der Waals surface area contributed by atoms with Crippen molar-refractivity contribution in [3.63, 3.8) is 0 Å². The van der Waals surface area contributed by atoms with Crippen LogP contribution in [0.2, 0.25) is 0 Å². The molecule has 1 aromatic heterocycles. The Morgan fingerprint density at radius 1 is 1.17 bits per heavy atom. The van der Waals surface area contributed by atoms with Crippen molar-refractivity contribution < 1.29 is 19.0 Å². The lowest BCUT2D eigenvalue weighted by molar-refractivity contribution is 0.0727. The van der Waals surface area contributed by atoms with Crippen LogP contribution >= 0.6 is 11.3 Å². The highest BCUT2D eigenvalue weighted by molar-refractivity contribution is 7.09. The molecular weight excluding hydrogens is 400 g/mol. The lowest BCUT2D eigenvalue weighted by atomic mass is 10.1. The maximum atomic E-state index is 13.2. The molecule has 6 nitrogen and oxygen atoms in total. The van der Waals surface area contributed by atoms with E-state index in [0.717, 1.165) is 29.3 Å². The molecule has 1 fully saturated rings. The van der Waals surface area contributed by atoms with Crippen LogP contribution in [0.1, 0.15) is 39.5 Å². The highest BCUT2D eigenvalue weighted by Crippen LogP contribution is 2.35. The number of benzene rings is 2. The third-order valence-electron chi connectivity index (χ3n) is 5.18. The molecule has 0 N–H and O–H groups in total. The van der Waals surface area contributed by atoms with Crippen LogP contribution in [0.4, 0.5) is 0 Å². The largest absolute Gasteiger partial charge is 0.486 e. The number of rotatable bonds is 7. The number of hydrogen-bond acceptors (Lipinski definition) is 6. The molecule has 2 aliphatic rings. The van der Waals surface area contributed by atoms with Gasteiger partial charge in [-0.2, -0.15) is 0 Å². The number of aromatic nitrogens is 1. The fourth-order valence-electron chi connectivity index (χ4n) is 3.39. The summed E-state index contributed by atoms with van der Waals surface area (Å²) < 4.78 is 16.6. The van der Waals surface area contributed by atoms with Crippen molar-refractivity contribution in [3.8, 4) is 17.2 Å². The first-order valence-electron chi connectivity index (χ1n) is 9.99. The molecular formula is C23H22N2O4S. The predicted octanol–water partition coefficient (Wildman–Crippen LogP) is 4.56. The molecule has 0 spiro atoms. The van der Waals surface area contributed by atoms with E-state index in [-0.39, 0.29) is 18.7 Å². The summed E-state index contributed by atoms with van der Waals surface area (Å²) in [5, 5.41) is 2.91. The van der Waals surface area contributed by atoms with Gasteiger partial charge in [0.05, 0.1) is 12.2 Å². The third kappa shape index (κ3) is 4.11. The Morgan fingerprint density at radius 3 is 2.77 bits per heavy atom. The maximum Gasteiger partial charge on any atom is 0.254 e. The Kier molecular flexibility index (Phi) is 5.04. The molecule has 0 unspecified atom stereocenters. The topological polar surface area (TPSA) is 60.9 Å². The van der Waals surface area contributed by atoms with Crippen molar-refractivity contribution >= 4 is 17.2 Å². The second-order valence-corrected chi connectivity index (χ2v) is 8.51. The van der Waals surface area contributed by atoms with Crippen LogP contribution in [0, 0.1) is 6.92 Å². The van der Waals surface area contributed by atoms with Gasteiger partial charge in [0.2, 0.25) is 6.79 Å². The van der Waals surface area contributed by atoms with Crippen molar-refractivity contribution in [1.29, 1.82) is 0 Å². The molecule has 0 saturated heterocycles. The molecule has 1 aliphatic carbocycles. The Hall–Kier alpha value is -3.06. The number of amides is 1. The fraction of sp³-hybridized carbons (Fsp3) is 0.304. The lowest BCUT2D eigenvalue weighted by Crippen LogP contribution is -2.32. The standard InChI is InChI=1S/C23H22N2O4S/c1-15-2-7-19(8-3-15)27-12-22-24-17(13-30-22)11-25(18-5-6-18)23(26)16-4-9-20-21(10-16)29-14-28-20/h2-4,7-10,13,18H,5-6,11-12,14H2,1H3. The summed E-state index contributed by atoms with van der Waals surface area (Å²) in [6.45, 7) is 3.17. The van der Waals surface area contributed by atoms with Gasteiger partial charge in [0.15, 0.2) is 11.5 Å². The molecule has 2 heterocycles. The quantitative estimate of drug-likeness (QED) is 0.558. The Balaban J connectivity index is 1.25. The van der Waals surface area contributed by atoms with E-state index >= 15 is 0 Å². The number of nitrogens with zero attached hydrogens (tertiary/aromatic N) is 2. The maximum absolute atomic E-state index is 13.2. The van der Waals surface area contributed by atoms with Gasteiger partial charge >= 0.3 is 0 Å². The van der Waals surface area contributed by atoms with Crippen LogP contribution in [0.25, 0.3) is 0 Å². The van der Waals surface area contributed by atoms with Crippen molar-refractivity contribution in [2.75, 3.05) is 6.79 Å². The fourth-order valence-corrected chi connectivity index (χ4v) is 4.09.